The molecule has 0 amide bonds. The standard InChI is InChI=1S/C15H11N3/c1-3-9-16-13(7-1)12-6-5-11-18-15(12)14-8-2-4-10-17-14/h1-11H/i2D. The van der Waals surface area contributed by atoms with Crippen molar-refractivity contribution in [2.45, 2.75) is 0 Å². The summed E-state index contributed by atoms with van der Waals surface area (Å²) in [6.07, 6.45) is 5.09. The number of hydrogen-bond donors (Lipinski definition) is 0. The molecule has 0 aliphatic rings. The van der Waals surface area contributed by atoms with Crippen molar-refractivity contribution >= 4 is 0 Å². The number of pyridine rings is 3. The average Bonchev–Trinajstić information content (AvgIpc) is 2.48. The van der Waals surface area contributed by atoms with Gasteiger partial charge < -0.3 is 0 Å². The maximum atomic E-state index is 7.68. The van der Waals surface area contributed by atoms with Gasteiger partial charge in [-0.3, -0.25) is 15.0 Å². The van der Waals surface area contributed by atoms with Crippen LogP contribution < -0.4 is 0 Å². The number of nitrogens with zero attached hydrogens (tertiary/aromatic N) is 3. The normalized spacial score (nSPS) is 11.0. The van der Waals surface area contributed by atoms with Crippen molar-refractivity contribution < 1.29 is 1.37 Å². The van der Waals surface area contributed by atoms with Gasteiger partial charge in [-0.2, -0.15) is 0 Å². The Bertz CT molecular complexity index is 699. The Kier molecular flexibility index (Phi) is 2.50. The highest BCUT2D eigenvalue weighted by atomic mass is 14.8. The number of hydrogen-bond acceptors (Lipinski definition) is 3. The third-order valence-corrected chi connectivity index (χ3v) is 2.60. The van der Waals surface area contributed by atoms with Gasteiger partial charge in [0.1, 0.15) is 0 Å². The zero-order chi connectivity index (χ0) is 13.1. The van der Waals surface area contributed by atoms with E-state index in [2.05, 4.69) is 15.0 Å². The lowest BCUT2D eigenvalue weighted by atomic mass is 10.1. The third kappa shape index (κ3) is 1.98. The predicted octanol–water partition coefficient (Wildman–Crippen LogP) is 3.21. The van der Waals surface area contributed by atoms with Crippen LogP contribution in [0.4, 0.5) is 0 Å². The minimum Gasteiger partial charge on any atom is -0.256 e. The van der Waals surface area contributed by atoms with Crippen LogP contribution in [-0.2, 0) is 0 Å². The summed E-state index contributed by atoms with van der Waals surface area (Å²) in [5.74, 6) is 0. The molecule has 3 rings (SSSR count). The van der Waals surface area contributed by atoms with Crippen LogP contribution in [0.25, 0.3) is 22.6 Å². The first-order valence-corrected chi connectivity index (χ1v) is 5.64. The van der Waals surface area contributed by atoms with Crippen molar-refractivity contribution in [1.82, 2.24) is 15.0 Å². The van der Waals surface area contributed by atoms with E-state index in [1.54, 1.807) is 30.7 Å². The van der Waals surface area contributed by atoms with Gasteiger partial charge >= 0.3 is 0 Å². The molecule has 3 heteroatoms. The minimum absolute atomic E-state index is 0.419. The van der Waals surface area contributed by atoms with E-state index in [0.717, 1.165) is 17.0 Å². The zero-order valence-electron chi connectivity index (χ0n) is 10.6. The highest BCUT2D eigenvalue weighted by molar-refractivity contribution is 5.76. The molecule has 0 aromatic carbocycles. The van der Waals surface area contributed by atoms with Gasteiger partial charge in [0.2, 0.25) is 0 Å². The molecule has 0 N–H and O–H groups in total. The van der Waals surface area contributed by atoms with Crippen LogP contribution in [0.2, 0.25) is 0 Å². The summed E-state index contributed by atoms with van der Waals surface area (Å²) >= 11 is 0. The van der Waals surface area contributed by atoms with Crippen molar-refractivity contribution in [2.24, 2.45) is 0 Å². The summed E-state index contributed by atoms with van der Waals surface area (Å²) in [6.45, 7) is 0. The second-order valence-corrected chi connectivity index (χ2v) is 3.76. The Morgan fingerprint density at radius 1 is 0.722 bits per heavy atom. The Morgan fingerprint density at radius 2 is 1.56 bits per heavy atom. The molecule has 0 spiro atoms. The molecular formula is C15H11N3. The summed E-state index contributed by atoms with van der Waals surface area (Å²) in [6, 6.07) is 13.4. The number of rotatable bonds is 2. The molecule has 0 saturated heterocycles. The van der Waals surface area contributed by atoms with Gasteiger partial charge in [0.15, 0.2) is 0 Å². The molecule has 0 aliphatic carbocycles. The molecule has 0 saturated carbocycles. The fourth-order valence-electron chi connectivity index (χ4n) is 1.79. The van der Waals surface area contributed by atoms with Gasteiger partial charge in [-0.1, -0.05) is 12.1 Å². The molecule has 86 valence electrons. The fourth-order valence-corrected chi connectivity index (χ4v) is 1.79. The van der Waals surface area contributed by atoms with Crippen molar-refractivity contribution in [1.29, 1.82) is 0 Å². The summed E-state index contributed by atoms with van der Waals surface area (Å²) in [5.41, 5.74) is 3.20. The van der Waals surface area contributed by atoms with E-state index in [-0.39, 0.29) is 0 Å². The average molecular weight is 234 g/mol. The maximum absolute atomic E-state index is 7.68. The first-order chi connectivity index (χ1) is 9.34. The summed E-state index contributed by atoms with van der Waals surface area (Å²) in [5, 5.41) is 0. The van der Waals surface area contributed by atoms with Crippen molar-refractivity contribution in [2.75, 3.05) is 0 Å². The maximum Gasteiger partial charge on any atom is 0.0980 e. The molecule has 0 unspecified atom stereocenters. The van der Waals surface area contributed by atoms with E-state index in [1.165, 1.54) is 0 Å². The quantitative estimate of drug-likeness (QED) is 0.683. The highest BCUT2D eigenvalue weighted by Crippen LogP contribution is 2.26. The van der Waals surface area contributed by atoms with E-state index in [9.17, 15) is 0 Å². The van der Waals surface area contributed by atoms with Crippen LogP contribution in [0.15, 0.2) is 67.1 Å². The summed E-state index contributed by atoms with van der Waals surface area (Å²) in [4.78, 5) is 13.0. The molecule has 3 heterocycles. The monoisotopic (exact) mass is 234 g/mol. The largest absolute Gasteiger partial charge is 0.256 e. The minimum atomic E-state index is 0.419. The predicted molar refractivity (Wildman–Crippen MR) is 70.7 cm³/mol. The summed E-state index contributed by atoms with van der Waals surface area (Å²) < 4.78 is 7.68. The molecule has 3 nitrogen and oxygen atoms in total. The van der Waals surface area contributed by atoms with Gasteiger partial charge in [0.05, 0.1) is 18.5 Å². The molecule has 18 heavy (non-hydrogen) atoms. The molecule has 0 aliphatic heterocycles. The molecule has 0 atom stereocenters. The SMILES string of the molecule is [2H]c1ccnc(-c2ncccc2-c2ccccn2)c1. The first kappa shape index (κ1) is 9.48. The smallest absolute Gasteiger partial charge is 0.0980 e. The van der Waals surface area contributed by atoms with Gasteiger partial charge in [-0.15, -0.1) is 0 Å². The van der Waals surface area contributed by atoms with E-state index >= 15 is 0 Å². The molecule has 0 radical (unpaired) electrons. The van der Waals surface area contributed by atoms with Gasteiger partial charge in [-0.05, 0) is 36.4 Å². The molecule has 3 aromatic heterocycles. The van der Waals surface area contributed by atoms with Gasteiger partial charge in [-0.25, -0.2) is 0 Å². The fraction of sp³-hybridized carbons (Fsp3) is 0. The van der Waals surface area contributed by atoms with Crippen LogP contribution in [0, 0.1) is 0 Å². The number of aromatic nitrogens is 3. The first-order valence-electron chi connectivity index (χ1n) is 6.14. The molecular weight excluding hydrogens is 222 g/mol. The molecule has 3 aromatic rings. The molecule has 0 fully saturated rings. The highest BCUT2D eigenvalue weighted by Gasteiger charge is 2.09. The van der Waals surface area contributed by atoms with Crippen LogP contribution in [0.3, 0.4) is 0 Å². The van der Waals surface area contributed by atoms with Crippen molar-refractivity contribution in [3.8, 4) is 22.6 Å². The Balaban J connectivity index is 2.18. The Morgan fingerprint density at radius 3 is 2.39 bits per heavy atom. The summed E-state index contributed by atoms with van der Waals surface area (Å²) in [7, 11) is 0. The second kappa shape index (κ2) is 4.75. The van der Waals surface area contributed by atoms with Gasteiger partial charge in [0.25, 0.3) is 0 Å². The lowest BCUT2D eigenvalue weighted by Gasteiger charge is -2.06. The van der Waals surface area contributed by atoms with Crippen LogP contribution in [-0.4, -0.2) is 15.0 Å². The van der Waals surface area contributed by atoms with Crippen molar-refractivity contribution in [3.63, 3.8) is 0 Å². The van der Waals surface area contributed by atoms with E-state index in [0.29, 0.717) is 11.7 Å². The van der Waals surface area contributed by atoms with Crippen LogP contribution in [0.1, 0.15) is 1.37 Å². The topological polar surface area (TPSA) is 38.7 Å². The second-order valence-electron chi connectivity index (χ2n) is 3.76. The third-order valence-electron chi connectivity index (χ3n) is 2.60. The lowest BCUT2D eigenvalue weighted by molar-refractivity contribution is 1.23. The van der Waals surface area contributed by atoms with E-state index < -0.39 is 0 Å². The Labute approximate surface area is 107 Å². The van der Waals surface area contributed by atoms with Crippen LogP contribution >= 0.6 is 0 Å². The van der Waals surface area contributed by atoms with Crippen LogP contribution in [0.5, 0.6) is 0 Å². The lowest BCUT2D eigenvalue weighted by Crippen LogP contribution is -1.92. The van der Waals surface area contributed by atoms with E-state index in [1.807, 2.05) is 30.3 Å². The zero-order valence-corrected chi connectivity index (χ0v) is 9.62. The Hall–Kier alpha value is -2.55. The van der Waals surface area contributed by atoms with Crippen molar-refractivity contribution in [3.05, 3.63) is 67.1 Å². The van der Waals surface area contributed by atoms with Gasteiger partial charge in [0, 0.05) is 24.2 Å². The molecule has 0 bridgehead atoms. The van der Waals surface area contributed by atoms with E-state index in [4.69, 9.17) is 1.37 Å².